The number of nitrogens with zero attached hydrogens (tertiary/aromatic N) is 7. The summed E-state index contributed by atoms with van der Waals surface area (Å²) >= 11 is 1.57. The third-order valence-corrected chi connectivity index (χ3v) is 16.4. The number of nitrogens with one attached hydrogen (secondary N) is 3. The first-order valence-electron chi connectivity index (χ1n) is 30.2. The Hall–Kier alpha value is -6.73. The zero-order valence-corrected chi connectivity index (χ0v) is 51.3. The summed E-state index contributed by atoms with van der Waals surface area (Å²) in [5.74, 6) is 0.132. The van der Waals surface area contributed by atoms with E-state index in [0.717, 1.165) is 78.3 Å². The quantitative estimate of drug-likeness (QED) is 0.0358. The van der Waals surface area contributed by atoms with Crippen LogP contribution in [-0.4, -0.2) is 207 Å². The molecule has 23 heteroatoms. The Morgan fingerprint density at radius 2 is 1.42 bits per heavy atom. The summed E-state index contributed by atoms with van der Waals surface area (Å²) in [5.41, 5.74) is 5.49. The zero-order chi connectivity index (χ0) is 61.1. The largest absolute Gasteiger partial charge is 0.391 e. The third-order valence-electron chi connectivity index (χ3n) is 15.4. The molecule has 6 amide bonds. The average molecular weight is 1210 g/mol. The minimum atomic E-state index is -0.937. The molecule has 4 aromatic rings. The molecule has 3 saturated heterocycles. The highest BCUT2D eigenvalue weighted by Gasteiger charge is 2.44. The number of carbonyl (C=O) groups excluding carboxylic acids is 6. The second kappa shape index (κ2) is 35.2. The number of likely N-dealkylation sites (tertiary alicyclic amines) is 2. The maximum Gasteiger partial charge on any atom is 0.255 e. The van der Waals surface area contributed by atoms with Crippen LogP contribution in [0, 0.1) is 18.3 Å². The average Bonchev–Trinajstić information content (AvgIpc) is 3.81. The van der Waals surface area contributed by atoms with E-state index in [1.807, 2.05) is 91.5 Å². The number of anilines is 1. The molecule has 3 atom stereocenters. The first kappa shape index (κ1) is 66.8. The van der Waals surface area contributed by atoms with Crippen molar-refractivity contribution in [3.63, 3.8) is 0 Å². The van der Waals surface area contributed by atoms with Gasteiger partial charge in [-0.2, -0.15) is 0 Å². The van der Waals surface area contributed by atoms with Crippen molar-refractivity contribution < 1.29 is 57.6 Å². The van der Waals surface area contributed by atoms with E-state index in [4.69, 9.17) is 23.7 Å². The lowest BCUT2D eigenvalue weighted by Crippen LogP contribution is -2.57. The molecular weight excluding hydrogens is 1120 g/mol. The van der Waals surface area contributed by atoms with Gasteiger partial charge in [0.25, 0.3) is 5.91 Å². The predicted octanol–water partition coefficient (Wildman–Crippen LogP) is 5.08. The third kappa shape index (κ3) is 21.9. The number of unbranched alkanes of at least 4 members (excludes halogenated alkanes) is 1. The number of carbonyl (C=O) groups is 6. The molecule has 0 bridgehead atoms. The highest BCUT2D eigenvalue weighted by molar-refractivity contribution is 7.13. The van der Waals surface area contributed by atoms with E-state index in [9.17, 15) is 33.9 Å². The van der Waals surface area contributed by atoms with E-state index in [1.54, 1.807) is 36.0 Å². The number of aliphatic hydroxyl groups excluding tert-OH is 1. The Kier molecular flexibility index (Phi) is 27.3. The SMILES string of the molecule is Cc1ncsc1-c1ccc(CNC(=O)[C@@H]2C[C@@H](O)CN2C(=O)[C@@H](NC(=O)CCOCCOCCOCCOCCOCCC(=O)N2CCN(c3ccc(C(=O)N4CCC(CCCCNC(=O)/C=C/c5cccnc5)CC4)cn3)CC2)C(C)(C)C)cc1. The molecule has 468 valence electrons. The molecular formula is C63H88N10O12S. The van der Waals surface area contributed by atoms with Gasteiger partial charge in [0.2, 0.25) is 29.5 Å². The highest BCUT2D eigenvalue weighted by Crippen LogP contribution is 2.29. The van der Waals surface area contributed by atoms with Gasteiger partial charge >= 0.3 is 0 Å². The van der Waals surface area contributed by atoms with Gasteiger partial charge in [-0.3, -0.25) is 33.8 Å². The number of aryl methyl sites for hydroxylation is 1. The number of aliphatic hydroxyl groups is 1. The van der Waals surface area contributed by atoms with Gasteiger partial charge in [-0.1, -0.05) is 63.9 Å². The summed E-state index contributed by atoms with van der Waals surface area (Å²) in [6, 6.07) is 13.5. The summed E-state index contributed by atoms with van der Waals surface area (Å²) in [6.45, 7) is 15.5. The van der Waals surface area contributed by atoms with Crippen molar-refractivity contribution in [1.82, 2.24) is 45.6 Å². The number of hydrogen-bond donors (Lipinski definition) is 4. The lowest BCUT2D eigenvalue weighted by Gasteiger charge is -2.35. The Morgan fingerprint density at radius 1 is 0.756 bits per heavy atom. The standard InChI is InChI=1S/C63H88N10O12S/c1-46-58(86-45-68-46)50-13-10-49(11-14-50)42-67-60(78)53-40-52(74)44-73(53)62(80)59(63(2,3)4)69-56(76)20-30-81-32-34-83-36-38-85-39-37-84-35-33-82-31-21-57(77)71-28-26-70(27-29-71)54-16-15-51(43-66-54)61(79)72-24-18-47(19-25-72)8-5-6-23-65-55(75)17-12-48-9-7-22-64-41-48/h7,9-17,22,41,43,45,47,52-53,59,74H,5-6,8,18-21,23-40,42,44H2,1-4H3,(H,65,75)(H,67,78)(H,69,76)/b17-12+/t52-,53+,59-/m1/s1. The van der Waals surface area contributed by atoms with Crippen molar-refractivity contribution in [2.24, 2.45) is 11.3 Å². The fraction of sp³-hybridized carbons (Fsp3) is 0.571. The summed E-state index contributed by atoms with van der Waals surface area (Å²) in [5, 5.41) is 19.3. The second-order valence-electron chi connectivity index (χ2n) is 22.9. The number of β-amino-alcohol motifs (C(OH)–C–C–N with tert-alkyl or cyclic N) is 1. The molecule has 3 aromatic heterocycles. The summed E-state index contributed by atoms with van der Waals surface area (Å²) in [6.07, 6.45) is 12.9. The zero-order valence-electron chi connectivity index (χ0n) is 50.5. The molecule has 3 aliphatic heterocycles. The topological polar surface area (TPSA) is 257 Å². The number of benzene rings is 1. The molecule has 0 radical (unpaired) electrons. The normalized spacial score (nSPS) is 17.0. The Bertz CT molecular complexity index is 2770. The van der Waals surface area contributed by atoms with Crippen LogP contribution in [0.4, 0.5) is 5.82 Å². The van der Waals surface area contributed by atoms with E-state index >= 15 is 0 Å². The number of ether oxygens (including phenoxy) is 5. The van der Waals surface area contributed by atoms with Crippen LogP contribution in [0.25, 0.3) is 16.5 Å². The fourth-order valence-corrected chi connectivity index (χ4v) is 11.3. The molecule has 0 saturated carbocycles. The van der Waals surface area contributed by atoms with Crippen LogP contribution in [0.15, 0.2) is 78.7 Å². The lowest BCUT2D eigenvalue weighted by atomic mass is 9.85. The first-order valence-corrected chi connectivity index (χ1v) is 31.1. The van der Waals surface area contributed by atoms with Gasteiger partial charge in [0, 0.05) is 96.4 Å². The second-order valence-corrected chi connectivity index (χ2v) is 23.8. The van der Waals surface area contributed by atoms with Crippen LogP contribution in [0.1, 0.15) is 99.3 Å². The number of hydrogen-bond acceptors (Lipinski definition) is 17. The molecule has 0 unspecified atom stereocenters. The van der Waals surface area contributed by atoms with Crippen LogP contribution in [0.5, 0.6) is 0 Å². The van der Waals surface area contributed by atoms with Crippen LogP contribution in [0.3, 0.4) is 0 Å². The number of piperazine rings is 1. The first-order chi connectivity index (χ1) is 41.6. The summed E-state index contributed by atoms with van der Waals surface area (Å²) in [4.78, 5) is 100. The maximum atomic E-state index is 14.0. The van der Waals surface area contributed by atoms with Crippen molar-refractivity contribution in [1.29, 1.82) is 0 Å². The Morgan fingerprint density at radius 3 is 2.02 bits per heavy atom. The molecule has 7 rings (SSSR count). The predicted molar refractivity (Wildman–Crippen MR) is 327 cm³/mol. The van der Waals surface area contributed by atoms with E-state index in [0.29, 0.717) is 97.1 Å². The maximum absolute atomic E-state index is 14.0. The lowest BCUT2D eigenvalue weighted by molar-refractivity contribution is -0.144. The highest BCUT2D eigenvalue weighted by atomic mass is 32.1. The minimum absolute atomic E-state index is 0.00455. The molecule has 22 nitrogen and oxygen atoms in total. The van der Waals surface area contributed by atoms with Gasteiger partial charge < -0.3 is 64.3 Å². The monoisotopic (exact) mass is 1210 g/mol. The van der Waals surface area contributed by atoms with E-state index in [-0.39, 0.29) is 75.1 Å². The van der Waals surface area contributed by atoms with Gasteiger partial charge in [-0.25, -0.2) is 9.97 Å². The van der Waals surface area contributed by atoms with E-state index < -0.39 is 29.5 Å². The molecule has 3 aliphatic rings. The Labute approximate surface area is 509 Å². The van der Waals surface area contributed by atoms with Crippen molar-refractivity contribution in [2.75, 3.05) is 123 Å². The smallest absolute Gasteiger partial charge is 0.255 e. The molecule has 1 aromatic carbocycles. The van der Waals surface area contributed by atoms with E-state index in [2.05, 4.69) is 35.8 Å². The number of amides is 6. The molecule has 6 heterocycles. The van der Waals surface area contributed by atoms with Gasteiger partial charge in [0.15, 0.2) is 0 Å². The number of rotatable bonds is 33. The molecule has 86 heavy (non-hydrogen) atoms. The number of pyridine rings is 2. The van der Waals surface area contributed by atoms with Gasteiger partial charge in [0.1, 0.15) is 17.9 Å². The van der Waals surface area contributed by atoms with Crippen LogP contribution in [-0.2, 0) is 54.2 Å². The van der Waals surface area contributed by atoms with Crippen molar-refractivity contribution >= 4 is 58.7 Å². The minimum Gasteiger partial charge on any atom is -0.391 e. The van der Waals surface area contributed by atoms with Crippen LogP contribution < -0.4 is 20.9 Å². The van der Waals surface area contributed by atoms with Crippen molar-refractivity contribution in [3.8, 4) is 10.4 Å². The molecule has 3 fully saturated rings. The van der Waals surface area contributed by atoms with Crippen LogP contribution in [0.2, 0.25) is 0 Å². The van der Waals surface area contributed by atoms with Gasteiger partial charge in [-0.15, -0.1) is 11.3 Å². The molecule has 4 N–H and O–H groups in total. The van der Waals surface area contributed by atoms with Crippen molar-refractivity contribution in [3.05, 3.63) is 101 Å². The number of piperidine rings is 1. The number of aromatic nitrogens is 3. The van der Waals surface area contributed by atoms with Gasteiger partial charge in [-0.05, 0) is 78.5 Å². The molecule has 0 aliphatic carbocycles. The summed E-state index contributed by atoms with van der Waals surface area (Å²) < 4.78 is 28.0. The summed E-state index contributed by atoms with van der Waals surface area (Å²) in [7, 11) is 0. The van der Waals surface area contributed by atoms with Crippen LogP contribution >= 0.6 is 11.3 Å². The van der Waals surface area contributed by atoms with E-state index in [1.165, 1.54) is 11.0 Å². The fourth-order valence-electron chi connectivity index (χ4n) is 10.4. The van der Waals surface area contributed by atoms with Gasteiger partial charge in [0.05, 0.1) is 100 Å². The molecule has 0 spiro atoms. The Balaban J connectivity index is 0.642. The number of thiazole rings is 1. The van der Waals surface area contributed by atoms with Crippen molar-refractivity contribution in [2.45, 2.75) is 104 Å².